The molecule has 0 atom stereocenters. The molecule has 0 saturated carbocycles. The van der Waals surface area contributed by atoms with E-state index < -0.39 is 36.9 Å². The fourth-order valence-electron chi connectivity index (χ4n) is 1.30. The Morgan fingerprint density at radius 2 is 1.75 bits per heavy atom. The zero-order valence-electron chi connectivity index (χ0n) is 9.97. The summed E-state index contributed by atoms with van der Waals surface area (Å²) in [6.07, 6.45) is 0. The SMILES string of the molecule is O=C(O)CN(CC(=O)O)C(=O)Nc1ccc(F)c(Br)c1. The lowest BCUT2D eigenvalue weighted by atomic mass is 10.3. The molecule has 0 heterocycles. The first-order valence-electron chi connectivity index (χ1n) is 5.24. The standard InChI is InChI=1S/C11H10BrFN2O5/c12-7-3-6(1-2-8(7)13)14-11(20)15(4-9(16)17)5-10(18)19/h1-3H,4-5H2,(H,14,20)(H,16,17)(H,18,19). The number of hydrogen-bond donors (Lipinski definition) is 3. The van der Waals surface area contributed by atoms with Gasteiger partial charge in [-0.1, -0.05) is 0 Å². The molecule has 7 nitrogen and oxygen atoms in total. The molecule has 108 valence electrons. The quantitative estimate of drug-likeness (QED) is 0.748. The van der Waals surface area contributed by atoms with Gasteiger partial charge in [0.25, 0.3) is 0 Å². The maximum absolute atomic E-state index is 13.0. The molecule has 0 aliphatic carbocycles. The third-order valence-electron chi connectivity index (χ3n) is 2.11. The fraction of sp³-hybridized carbons (Fsp3) is 0.182. The monoisotopic (exact) mass is 348 g/mol. The predicted molar refractivity (Wildman–Crippen MR) is 70.0 cm³/mol. The van der Waals surface area contributed by atoms with E-state index >= 15 is 0 Å². The van der Waals surface area contributed by atoms with Crippen LogP contribution in [0.5, 0.6) is 0 Å². The molecule has 2 amide bonds. The smallest absolute Gasteiger partial charge is 0.323 e. The first-order chi connectivity index (χ1) is 9.29. The number of amides is 2. The van der Waals surface area contributed by atoms with Gasteiger partial charge in [0.1, 0.15) is 18.9 Å². The van der Waals surface area contributed by atoms with Gasteiger partial charge in [-0.3, -0.25) is 9.59 Å². The average Bonchev–Trinajstić information content (AvgIpc) is 2.32. The lowest BCUT2D eigenvalue weighted by molar-refractivity contribution is -0.140. The number of benzene rings is 1. The van der Waals surface area contributed by atoms with Gasteiger partial charge in [-0.2, -0.15) is 0 Å². The summed E-state index contributed by atoms with van der Waals surface area (Å²) in [5, 5.41) is 19.5. The molecular formula is C11H10BrFN2O5. The van der Waals surface area contributed by atoms with E-state index in [1.807, 2.05) is 0 Å². The van der Waals surface area contributed by atoms with Crippen LogP contribution in [0.3, 0.4) is 0 Å². The number of carboxylic acids is 2. The summed E-state index contributed by atoms with van der Waals surface area (Å²) in [6, 6.07) is 2.72. The maximum atomic E-state index is 13.0. The number of urea groups is 1. The van der Waals surface area contributed by atoms with Crippen molar-refractivity contribution in [2.45, 2.75) is 0 Å². The molecule has 0 aromatic heterocycles. The van der Waals surface area contributed by atoms with Gasteiger partial charge in [-0.15, -0.1) is 0 Å². The van der Waals surface area contributed by atoms with Gasteiger partial charge < -0.3 is 20.4 Å². The highest BCUT2D eigenvalue weighted by Crippen LogP contribution is 2.20. The van der Waals surface area contributed by atoms with Crippen molar-refractivity contribution in [1.82, 2.24) is 4.90 Å². The average molecular weight is 349 g/mol. The van der Waals surface area contributed by atoms with E-state index in [4.69, 9.17) is 10.2 Å². The van der Waals surface area contributed by atoms with Crippen molar-refractivity contribution >= 4 is 39.6 Å². The van der Waals surface area contributed by atoms with Crippen molar-refractivity contribution in [3.05, 3.63) is 28.5 Å². The first-order valence-corrected chi connectivity index (χ1v) is 6.03. The number of rotatable bonds is 5. The van der Waals surface area contributed by atoms with E-state index in [9.17, 15) is 18.8 Å². The van der Waals surface area contributed by atoms with Crippen molar-refractivity contribution in [3.63, 3.8) is 0 Å². The van der Waals surface area contributed by atoms with E-state index in [1.165, 1.54) is 12.1 Å². The van der Waals surface area contributed by atoms with Crippen LogP contribution >= 0.6 is 15.9 Å². The van der Waals surface area contributed by atoms with E-state index in [-0.39, 0.29) is 10.2 Å². The Morgan fingerprint density at radius 1 is 1.20 bits per heavy atom. The number of aliphatic carboxylic acids is 2. The van der Waals surface area contributed by atoms with Crippen LogP contribution in [0, 0.1) is 5.82 Å². The summed E-state index contributed by atoms with van der Waals surface area (Å²) >= 11 is 2.93. The highest BCUT2D eigenvalue weighted by Gasteiger charge is 2.19. The van der Waals surface area contributed by atoms with Gasteiger partial charge in [-0.05, 0) is 34.1 Å². The molecule has 9 heteroatoms. The van der Waals surface area contributed by atoms with E-state index in [0.29, 0.717) is 4.90 Å². The van der Waals surface area contributed by atoms with E-state index in [2.05, 4.69) is 21.2 Å². The molecular weight excluding hydrogens is 339 g/mol. The van der Waals surface area contributed by atoms with Crippen molar-refractivity contribution in [2.24, 2.45) is 0 Å². The Labute approximate surface area is 121 Å². The Hall–Kier alpha value is -2.16. The maximum Gasteiger partial charge on any atom is 0.323 e. The Balaban J connectivity index is 2.81. The van der Waals surface area contributed by atoms with Gasteiger partial charge in [0.15, 0.2) is 0 Å². The highest BCUT2D eigenvalue weighted by molar-refractivity contribution is 9.10. The van der Waals surface area contributed by atoms with Gasteiger partial charge in [0.2, 0.25) is 0 Å². The number of nitrogens with one attached hydrogen (secondary N) is 1. The predicted octanol–water partition coefficient (Wildman–Crippen LogP) is 1.59. The molecule has 0 saturated heterocycles. The minimum atomic E-state index is -1.35. The molecule has 0 radical (unpaired) electrons. The van der Waals surface area contributed by atoms with E-state index in [0.717, 1.165) is 6.07 Å². The van der Waals surface area contributed by atoms with Crippen molar-refractivity contribution in [1.29, 1.82) is 0 Å². The molecule has 0 spiro atoms. The molecule has 20 heavy (non-hydrogen) atoms. The molecule has 1 rings (SSSR count). The van der Waals surface area contributed by atoms with Crippen LogP contribution in [-0.4, -0.2) is 46.2 Å². The van der Waals surface area contributed by atoms with Crippen molar-refractivity contribution < 1.29 is 29.0 Å². The van der Waals surface area contributed by atoms with E-state index in [1.54, 1.807) is 0 Å². The Bertz CT molecular complexity index is 536. The highest BCUT2D eigenvalue weighted by atomic mass is 79.9. The summed E-state index contributed by atoms with van der Waals surface area (Å²) in [4.78, 5) is 33.5. The summed E-state index contributed by atoms with van der Waals surface area (Å²) in [7, 11) is 0. The van der Waals surface area contributed by atoms with Crippen molar-refractivity contribution in [3.8, 4) is 0 Å². The normalized spacial score (nSPS) is 9.90. The van der Waals surface area contributed by atoms with Crippen LogP contribution in [0.25, 0.3) is 0 Å². The lowest BCUT2D eigenvalue weighted by Crippen LogP contribution is -2.41. The van der Waals surface area contributed by atoms with Gasteiger partial charge in [-0.25, -0.2) is 9.18 Å². The number of halogens is 2. The number of anilines is 1. The fourth-order valence-corrected chi connectivity index (χ4v) is 1.68. The number of nitrogens with zero attached hydrogens (tertiary/aromatic N) is 1. The van der Waals surface area contributed by atoms with Crippen LogP contribution in [0.2, 0.25) is 0 Å². The zero-order chi connectivity index (χ0) is 15.3. The van der Waals surface area contributed by atoms with Crippen LogP contribution in [0.1, 0.15) is 0 Å². The second-order valence-electron chi connectivity index (χ2n) is 3.70. The molecule has 0 aliphatic rings. The van der Waals surface area contributed by atoms with Crippen LogP contribution in [0.4, 0.5) is 14.9 Å². The lowest BCUT2D eigenvalue weighted by Gasteiger charge is -2.19. The Morgan fingerprint density at radius 3 is 2.20 bits per heavy atom. The second-order valence-corrected chi connectivity index (χ2v) is 4.56. The largest absolute Gasteiger partial charge is 0.480 e. The summed E-state index contributed by atoms with van der Waals surface area (Å²) < 4.78 is 13.1. The third kappa shape index (κ3) is 4.84. The van der Waals surface area contributed by atoms with Crippen LogP contribution < -0.4 is 5.32 Å². The molecule has 0 unspecified atom stereocenters. The van der Waals surface area contributed by atoms with Crippen LogP contribution in [0.15, 0.2) is 22.7 Å². The number of carboxylic acid groups (broad SMARTS) is 2. The minimum Gasteiger partial charge on any atom is -0.480 e. The second kappa shape index (κ2) is 6.85. The molecule has 3 N–H and O–H groups in total. The van der Waals surface area contributed by atoms with Gasteiger partial charge in [0.05, 0.1) is 4.47 Å². The third-order valence-corrected chi connectivity index (χ3v) is 2.72. The molecule has 1 aromatic rings. The topological polar surface area (TPSA) is 107 Å². The minimum absolute atomic E-state index is 0.110. The van der Waals surface area contributed by atoms with Gasteiger partial charge in [0, 0.05) is 5.69 Å². The number of hydrogen-bond acceptors (Lipinski definition) is 3. The molecule has 0 aliphatic heterocycles. The number of carbonyl (C=O) groups is 3. The molecule has 0 bridgehead atoms. The first kappa shape index (κ1) is 15.9. The Kier molecular flexibility index (Phi) is 5.44. The van der Waals surface area contributed by atoms with Crippen LogP contribution in [-0.2, 0) is 9.59 Å². The molecule has 0 fully saturated rings. The summed E-state index contributed by atoms with van der Waals surface area (Å²) in [5.41, 5.74) is 0.198. The van der Waals surface area contributed by atoms with Gasteiger partial charge >= 0.3 is 18.0 Å². The summed E-state index contributed by atoms with van der Waals surface area (Å²) in [5.74, 6) is -3.22. The number of carbonyl (C=O) groups excluding carboxylic acids is 1. The zero-order valence-corrected chi connectivity index (χ0v) is 11.6. The summed E-state index contributed by atoms with van der Waals surface area (Å²) in [6.45, 7) is -1.53. The van der Waals surface area contributed by atoms with Crippen molar-refractivity contribution in [2.75, 3.05) is 18.4 Å². The molecule has 1 aromatic carbocycles.